The maximum absolute atomic E-state index is 12.8. The molecule has 0 fully saturated rings. The fourth-order valence-electron chi connectivity index (χ4n) is 3.45. The summed E-state index contributed by atoms with van der Waals surface area (Å²) in [6.07, 6.45) is -0.590. The zero-order valence-electron chi connectivity index (χ0n) is 17.3. The third kappa shape index (κ3) is 7.18. The quantitative estimate of drug-likeness (QED) is 0.646. The molecular weight excluding hydrogens is 446 g/mol. The van der Waals surface area contributed by atoms with Gasteiger partial charge in [-0.3, -0.25) is 0 Å². The molecule has 29 heavy (non-hydrogen) atoms. The monoisotopic (exact) mass is 473 g/mol. The molecule has 0 spiro atoms. The first-order chi connectivity index (χ1) is 13.5. The van der Waals surface area contributed by atoms with Gasteiger partial charge in [0.25, 0.3) is 0 Å². The number of rotatable bonds is 3. The third-order valence-electron chi connectivity index (χ3n) is 4.30. The second kappa shape index (κ2) is 11.6. The molecule has 2 atom stereocenters. The van der Waals surface area contributed by atoms with Crippen LogP contribution in [0.2, 0.25) is 0 Å². The first-order valence-corrected chi connectivity index (χ1v) is 12.8. The van der Waals surface area contributed by atoms with Crippen LogP contribution in [0.1, 0.15) is 47.8 Å². The van der Waals surface area contributed by atoms with Crippen molar-refractivity contribution in [1.29, 1.82) is 0 Å². The summed E-state index contributed by atoms with van der Waals surface area (Å²) in [6, 6.07) is 10.5. The number of nitrogens with zero attached hydrogens (tertiary/aromatic N) is 1. The number of aliphatic hydroxyl groups is 2. The zero-order valence-corrected chi connectivity index (χ0v) is 20.5. The fraction of sp³-hybridized carbons (Fsp3) is 0.429. The topological polar surface area (TPSA) is 88.7 Å². The molecule has 1 aliphatic carbocycles. The van der Waals surface area contributed by atoms with Crippen molar-refractivity contribution >= 4 is 19.3 Å². The Bertz CT molecular complexity index is 893. The van der Waals surface area contributed by atoms with Crippen molar-refractivity contribution in [2.24, 2.45) is 0 Å². The van der Waals surface area contributed by atoms with Crippen molar-refractivity contribution in [2.75, 3.05) is 0 Å². The molecule has 0 amide bonds. The van der Waals surface area contributed by atoms with Crippen molar-refractivity contribution in [2.45, 2.75) is 64.2 Å². The van der Waals surface area contributed by atoms with Gasteiger partial charge < -0.3 is 14.9 Å². The second-order valence-electron chi connectivity index (χ2n) is 7.32. The SMILES string of the molecule is CC(C)O.Cc1cc(C)c(S(=O)(=O)[N-][C@H]2Cc3ccccc3[C@H]2O)c(C)c1.[Cl][Ti+]. The first-order valence-electron chi connectivity index (χ1n) is 9.20. The molecule has 0 saturated carbocycles. The van der Waals surface area contributed by atoms with Crippen LogP contribution >= 0.6 is 9.30 Å². The van der Waals surface area contributed by atoms with E-state index in [2.05, 4.69) is 14.0 Å². The molecule has 0 saturated heterocycles. The minimum atomic E-state index is -3.81. The molecule has 2 aromatic rings. The molecule has 5 nitrogen and oxygen atoms in total. The number of fused-ring (bicyclic) bond motifs is 1. The van der Waals surface area contributed by atoms with Crippen molar-refractivity contribution in [1.82, 2.24) is 0 Å². The molecule has 0 radical (unpaired) electrons. The molecule has 2 aromatic carbocycles. The van der Waals surface area contributed by atoms with Crippen LogP contribution in [-0.2, 0) is 35.8 Å². The predicted octanol–water partition coefficient (Wildman–Crippen LogP) is 4.41. The van der Waals surface area contributed by atoms with Gasteiger partial charge in [0.2, 0.25) is 0 Å². The Morgan fingerprint density at radius 2 is 1.59 bits per heavy atom. The molecule has 3 rings (SSSR count). The van der Waals surface area contributed by atoms with E-state index in [0.29, 0.717) is 17.5 Å². The Hall–Kier alpha value is -0.726. The molecule has 0 unspecified atom stereocenters. The first kappa shape index (κ1) is 26.3. The number of aryl methyl sites for hydroxylation is 3. The third-order valence-corrected chi connectivity index (χ3v) is 6.01. The second-order valence-corrected chi connectivity index (χ2v) is 8.89. The van der Waals surface area contributed by atoms with Crippen LogP contribution < -0.4 is 0 Å². The number of sulfonamides is 1. The van der Waals surface area contributed by atoms with Crippen molar-refractivity contribution in [3.8, 4) is 0 Å². The molecule has 2 N–H and O–H groups in total. The van der Waals surface area contributed by atoms with E-state index >= 15 is 0 Å². The molecule has 8 heteroatoms. The van der Waals surface area contributed by atoms with Gasteiger partial charge in [-0.15, -0.1) is 0 Å². The standard InChI is InChI=1S/C18H20NO3S.C3H8O.ClH.Ti/c1-11-8-12(2)18(13(3)9-11)23(21,22)19-16-10-14-6-4-5-7-15(14)17(16)20;1-3(2)4;;/h4-9,16-17,20H,10H2,1-3H3;3-4H,1-2H3;1H;/q-1;;;+2/p-1/t16-,17+;;;/m0.../s1. The van der Waals surface area contributed by atoms with Crippen LogP contribution in [0.4, 0.5) is 0 Å². The molecule has 0 bridgehead atoms. The number of hydrogen-bond acceptors (Lipinski definition) is 4. The van der Waals surface area contributed by atoms with E-state index in [1.165, 1.54) is 19.4 Å². The average molecular weight is 474 g/mol. The van der Waals surface area contributed by atoms with E-state index in [0.717, 1.165) is 16.7 Å². The summed E-state index contributed by atoms with van der Waals surface area (Å²) in [5.41, 5.74) is 4.13. The predicted molar refractivity (Wildman–Crippen MR) is 113 cm³/mol. The van der Waals surface area contributed by atoms with Crippen molar-refractivity contribution in [3.63, 3.8) is 0 Å². The van der Waals surface area contributed by atoms with E-state index in [-0.39, 0.29) is 11.0 Å². The Labute approximate surface area is 189 Å². The number of benzene rings is 2. The van der Waals surface area contributed by atoms with E-state index in [9.17, 15) is 13.5 Å². The fourth-order valence-corrected chi connectivity index (χ4v) is 5.04. The summed E-state index contributed by atoms with van der Waals surface area (Å²) in [4.78, 5) is 0.256. The maximum atomic E-state index is 12.8. The van der Waals surface area contributed by atoms with E-state index in [4.69, 9.17) is 5.11 Å². The Morgan fingerprint density at radius 1 is 1.10 bits per heavy atom. The molecule has 0 aromatic heterocycles. The Morgan fingerprint density at radius 3 is 2.07 bits per heavy atom. The van der Waals surface area contributed by atoms with Crippen LogP contribution in [0.25, 0.3) is 4.72 Å². The van der Waals surface area contributed by atoms with E-state index < -0.39 is 22.2 Å². The summed E-state index contributed by atoms with van der Waals surface area (Å²) in [5, 5.41) is 18.4. The van der Waals surface area contributed by atoms with Gasteiger partial charge in [-0.2, -0.15) is 0 Å². The van der Waals surface area contributed by atoms with Crippen molar-refractivity contribution in [3.05, 3.63) is 68.9 Å². The molecule has 0 heterocycles. The number of hydrogen-bond donors (Lipinski definition) is 2. The van der Waals surface area contributed by atoms with Gasteiger partial charge in [0.05, 0.1) is 11.0 Å². The van der Waals surface area contributed by atoms with E-state index in [1.807, 2.05) is 43.3 Å². The average Bonchev–Trinajstić information content (AvgIpc) is 2.90. The van der Waals surface area contributed by atoms with Crippen LogP contribution in [0, 0.1) is 20.8 Å². The normalized spacial score (nSPS) is 17.7. The zero-order chi connectivity index (χ0) is 22.4. The van der Waals surface area contributed by atoms with Gasteiger partial charge >= 0.3 is 28.7 Å². The van der Waals surface area contributed by atoms with Gasteiger partial charge in [-0.25, -0.2) is 8.42 Å². The van der Waals surface area contributed by atoms with Gasteiger partial charge in [0.15, 0.2) is 0 Å². The van der Waals surface area contributed by atoms with Gasteiger partial charge in [-0.1, -0.05) is 48.0 Å². The van der Waals surface area contributed by atoms with Crippen LogP contribution in [-0.4, -0.2) is 30.8 Å². The summed E-state index contributed by atoms with van der Waals surface area (Å²) < 4.78 is 29.6. The van der Waals surface area contributed by atoms with Gasteiger partial charge in [0.1, 0.15) is 10.0 Å². The molecule has 158 valence electrons. The summed E-state index contributed by atoms with van der Waals surface area (Å²) in [5.74, 6) is 0. The number of halogens is 1. The summed E-state index contributed by atoms with van der Waals surface area (Å²) in [7, 11) is 0.831. The van der Waals surface area contributed by atoms with Gasteiger partial charge in [-0.05, 0) is 63.3 Å². The molecular formula is C21H28ClNO4STi. The minimum absolute atomic E-state index is 0.167. The summed E-state index contributed by atoms with van der Waals surface area (Å²) >= 11 is 1.47. The molecule has 1 aliphatic rings. The van der Waals surface area contributed by atoms with Crippen LogP contribution in [0.3, 0.4) is 0 Å². The Balaban J connectivity index is 0.000000627. The van der Waals surface area contributed by atoms with E-state index in [1.54, 1.807) is 27.7 Å². The van der Waals surface area contributed by atoms with Crippen molar-refractivity contribution < 1.29 is 38.0 Å². The molecule has 0 aliphatic heterocycles. The van der Waals surface area contributed by atoms with Crippen LogP contribution in [0.5, 0.6) is 0 Å². The Kier molecular flexibility index (Phi) is 10.5. The van der Waals surface area contributed by atoms with Gasteiger partial charge in [0, 0.05) is 6.10 Å². The number of aliphatic hydroxyl groups excluding tert-OH is 2. The van der Waals surface area contributed by atoms with Crippen LogP contribution in [0.15, 0.2) is 41.3 Å². The summed E-state index contributed by atoms with van der Waals surface area (Å²) in [6.45, 7) is 8.94.